The first-order valence-corrected chi connectivity index (χ1v) is 13.5. The Hall–Kier alpha value is -2.24. The quantitative estimate of drug-likeness (QED) is 0.300. The average Bonchev–Trinajstić information content (AvgIpc) is 2.73. The maximum absolute atomic E-state index is 5.13. The Bertz CT molecular complexity index is 1190. The van der Waals surface area contributed by atoms with E-state index in [0.717, 1.165) is 25.6 Å². The third-order valence-corrected chi connectivity index (χ3v) is 7.51. The summed E-state index contributed by atoms with van der Waals surface area (Å²) in [6, 6.07) is 6.85. The summed E-state index contributed by atoms with van der Waals surface area (Å²) in [5.74, 6) is 0. The molecule has 1 aromatic carbocycles. The summed E-state index contributed by atoms with van der Waals surface area (Å²) in [5.41, 5.74) is 11.5. The van der Waals surface area contributed by atoms with Crippen LogP contribution < -0.4 is 0 Å². The first kappa shape index (κ1) is 28.0. The Morgan fingerprint density at radius 1 is 0.824 bits per heavy atom. The topological polar surface area (TPSA) is 12.9 Å². The Morgan fingerprint density at radius 3 is 1.76 bits per heavy atom. The molecule has 1 aromatic heterocycles. The number of pyridine rings is 1. The smallest absolute Gasteiger partial charge is 0.0786 e. The van der Waals surface area contributed by atoms with Gasteiger partial charge in [-0.15, -0.1) is 8.20 Å². The van der Waals surface area contributed by atoms with Crippen molar-refractivity contribution in [3.8, 4) is 0 Å². The van der Waals surface area contributed by atoms with E-state index in [1.165, 1.54) is 44.4 Å². The maximum atomic E-state index is 5.13. The lowest BCUT2D eigenvalue weighted by molar-refractivity contribution is 0.504. The van der Waals surface area contributed by atoms with Gasteiger partial charge in [-0.2, -0.15) is 0 Å². The van der Waals surface area contributed by atoms with Crippen molar-refractivity contribution in [3.05, 3.63) is 76.0 Å². The highest BCUT2D eigenvalue weighted by atomic mass is 31.1. The summed E-state index contributed by atoms with van der Waals surface area (Å²) in [6.45, 7) is 24.5. The SMILES string of the molecule is C=PCc1cc2c(C(C)=CC=C(C)C(C)(C)C)ccc(C(C)=CC=C(C)C(C)(C)C)c2nc1C. The molecule has 0 aliphatic heterocycles. The van der Waals surface area contributed by atoms with E-state index >= 15 is 0 Å². The highest BCUT2D eigenvalue weighted by Crippen LogP contribution is 2.33. The van der Waals surface area contributed by atoms with Gasteiger partial charge >= 0.3 is 0 Å². The zero-order valence-electron chi connectivity index (χ0n) is 23.4. The van der Waals surface area contributed by atoms with Crippen molar-refractivity contribution in [2.75, 3.05) is 0 Å². The van der Waals surface area contributed by atoms with Gasteiger partial charge in [-0.25, -0.2) is 0 Å². The molecule has 0 spiro atoms. The molecule has 0 bridgehead atoms. The van der Waals surface area contributed by atoms with Gasteiger partial charge in [0.15, 0.2) is 0 Å². The van der Waals surface area contributed by atoms with Gasteiger partial charge in [0.2, 0.25) is 0 Å². The molecule has 0 amide bonds. The van der Waals surface area contributed by atoms with Crippen LogP contribution in [0.15, 0.2) is 53.6 Å². The molecule has 0 saturated heterocycles. The number of allylic oxidation sites excluding steroid dienone is 8. The minimum absolute atomic E-state index is 0.167. The number of benzene rings is 1. The standard InChI is InChI=1S/C32H44NP/c1-21(13-15-23(3)31(6,7)8)27-17-18-28(22(2)14-16-24(4)32(9,10)11)30-29(27)19-26(20-34-12)25(5)33-30/h13-19H,12,20H2,1-11H3. The van der Waals surface area contributed by atoms with E-state index in [-0.39, 0.29) is 10.8 Å². The minimum Gasteiger partial charge on any atom is -0.252 e. The Labute approximate surface area is 210 Å². The highest BCUT2D eigenvalue weighted by Gasteiger charge is 2.15. The van der Waals surface area contributed by atoms with E-state index in [2.05, 4.69) is 125 Å². The minimum atomic E-state index is 0.167. The number of hydrogen-bond donors (Lipinski definition) is 0. The average molecular weight is 474 g/mol. The van der Waals surface area contributed by atoms with E-state index in [0.29, 0.717) is 0 Å². The van der Waals surface area contributed by atoms with Crippen LogP contribution in [0.5, 0.6) is 0 Å². The van der Waals surface area contributed by atoms with Crippen molar-refractivity contribution in [3.63, 3.8) is 0 Å². The summed E-state index contributed by atoms with van der Waals surface area (Å²) in [5, 5.41) is 1.22. The zero-order valence-corrected chi connectivity index (χ0v) is 24.2. The lowest BCUT2D eigenvalue weighted by Crippen LogP contribution is -2.05. The molecular formula is C32H44NP. The number of nitrogens with zero attached hydrogens (tertiary/aromatic N) is 1. The second kappa shape index (κ2) is 11.0. The van der Waals surface area contributed by atoms with Crippen LogP contribution in [0.2, 0.25) is 0 Å². The third kappa shape index (κ3) is 6.89. The summed E-state index contributed by atoms with van der Waals surface area (Å²) in [4.78, 5) is 5.13. The molecule has 1 nitrogen and oxygen atoms in total. The van der Waals surface area contributed by atoms with Gasteiger partial charge < -0.3 is 0 Å². The molecular weight excluding hydrogens is 429 g/mol. The van der Waals surface area contributed by atoms with Gasteiger partial charge in [0.05, 0.1) is 5.52 Å². The number of aromatic nitrogens is 1. The fraction of sp³-hybridized carbons (Fsp3) is 0.438. The molecule has 1 heterocycles. The normalized spacial score (nSPS) is 14.9. The lowest BCUT2D eigenvalue weighted by Gasteiger charge is -2.19. The van der Waals surface area contributed by atoms with E-state index in [1.807, 2.05) is 0 Å². The first-order chi connectivity index (χ1) is 15.7. The number of hydrogen-bond acceptors (Lipinski definition) is 1. The Kier molecular flexibility index (Phi) is 9.06. The van der Waals surface area contributed by atoms with Crippen LogP contribution in [0.1, 0.15) is 91.6 Å². The monoisotopic (exact) mass is 473 g/mol. The summed E-state index contributed by atoms with van der Waals surface area (Å²) in [6.07, 6.45) is 14.0. The van der Waals surface area contributed by atoms with Crippen LogP contribution in [0.3, 0.4) is 0 Å². The van der Waals surface area contributed by atoms with Crippen LogP contribution in [-0.4, -0.2) is 11.3 Å². The molecule has 0 atom stereocenters. The predicted molar refractivity (Wildman–Crippen MR) is 158 cm³/mol. The number of fused-ring (bicyclic) bond motifs is 1. The maximum Gasteiger partial charge on any atom is 0.0786 e. The second-order valence-corrected chi connectivity index (χ2v) is 12.3. The Morgan fingerprint density at radius 2 is 1.29 bits per heavy atom. The van der Waals surface area contributed by atoms with E-state index in [9.17, 15) is 0 Å². The van der Waals surface area contributed by atoms with Crippen LogP contribution in [0.25, 0.3) is 22.0 Å². The lowest BCUT2D eigenvalue weighted by atomic mass is 9.86. The van der Waals surface area contributed by atoms with Crippen LogP contribution >= 0.6 is 8.20 Å². The number of rotatable bonds is 6. The summed E-state index contributed by atoms with van der Waals surface area (Å²) < 4.78 is 0. The molecule has 2 aromatic rings. The third-order valence-electron chi connectivity index (χ3n) is 6.94. The molecule has 182 valence electrons. The Balaban J connectivity index is 2.76. The predicted octanol–water partition coefficient (Wildman–Crippen LogP) is 10.2. The molecule has 0 N–H and O–H groups in total. The summed E-state index contributed by atoms with van der Waals surface area (Å²) >= 11 is 0. The van der Waals surface area contributed by atoms with E-state index < -0.39 is 0 Å². The fourth-order valence-electron chi connectivity index (χ4n) is 3.51. The molecule has 0 saturated carbocycles. The molecule has 34 heavy (non-hydrogen) atoms. The molecule has 0 unspecified atom stereocenters. The zero-order chi connectivity index (χ0) is 25.8. The molecule has 0 aliphatic carbocycles. The summed E-state index contributed by atoms with van der Waals surface area (Å²) in [7, 11) is 1.12. The largest absolute Gasteiger partial charge is 0.252 e. The van der Waals surface area contributed by atoms with Gasteiger partial charge in [-0.05, 0) is 73.8 Å². The first-order valence-electron chi connectivity index (χ1n) is 12.2. The molecule has 0 aliphatic rings. The van der Waals surface area contributed by atoms with Crippen LogP contribution in [0, 0.1) is 17.8 Å². The van der Waals surface area contributed by atoms with E-state index in [1.54, 1.807) is 0 Å². The van der Waals surface area contributed by atoms with Gasteiger partial charge in [-0.3, -0.25) is 4.98 Å². The van der Waals surface area contributed by atoms with E-state index in [4.69, 9.17) is 4.98 Å². The van der Waals surface area contributed by atoms with Gasteiger partial charge in [0, 0.05) is 22.8 Å². The van der Waals surface area contributed by atoms with Gasteiger partial charge in [0.25, 0.3) is 0 Å². The van der Waals surface area contributed by atoms with Crippen molar-refractivity contribution < 1.29 is 0 Å². The van der Waals surface area contributed by atoms with Crippen LogP contribution in [-0.2, 0) is 6.16 Å². The molecule has 2 heteroatoms. The molecule has 2 rings (SSSR count). The van der Waals surface area contributed by atoms with Crippen molar-refractivity contribution in [1.82, 2.24) is 4.98 Å². The molecule has 0 fully saturated rings. The van der Waals surface area contributed by atoms with Crippen molar-refractivity contribution in [2.45, 2.75) is 82.3 Å². The van der Waals surface area contributed by atoms with Crippen molar-refractivity contribution >= 4 is 36.6 Å². The van der Waals surface area contributed by atoms with Gasteiger partial charge in [0.1, 0.15) is 0 Å². The number of aryl methyl sites for hydroxylation is 1. The van der Waals surface area contributed by atoms with Crippen LogP contribution in [0.4, 0.5) is 0 Å². The second-order valence-electron chi connectivity index (χ2n) is 11.6. The van der Waals surface area contributed by atoms with Crippen molar-refractivity contribution in [1.29, 1.82) is 0 Å². The van der Waals surface area contributed by atoms with Gasteiger partial charge in [-0.1, -0.05) is 95.4 Å². The molecule has 0 radical (unpaired) electrons. The highest BCUT2D eigenvalue weighted by molar-refractivity contribution is 7.35. The van der Waals surface area contributed by atoms with Crippen molar-refractivity contribution in [2.24, 2.45) is 10.8 Å². The fourth-order valence-corrected chi connectivity index (χ4v) is 4.08.